The number of amides is 1. The molecule has 0 saturated heterocycles. The van der Waals surface area contributed by atoms with E-state index in [9.17, 15) is 4.79 Å². The van der Waals surface area contributed by atoms with Crippen LogP contribution in [0.15, 0.2) is 42.7 Å². The molecule has 2 heterocycles. The molecule has 20 heavy (non-hydrogen) atoms. The summed E-state index contributed by atoms with van der Waals surface area (Å²) in [6, 6.07) is 9.64. The van der Waals surface area contributed by atoms with Gasteiger partial charge in [0.1, 0.15) is 6.04 Å². The molecule has 2 N–H and O–H groups in total. The van der Waals surface area contributed by atoms with Crippen molar-refractivity contribution < 1.29 is 4.79 Å². The summed E-state index contributed by atoms with van der Waals surface area (Å²) < 4.78 is 0. The lowest BCUT2D eigenvalue weighted by molar-refractivity contribution is -0.118. The van der Waals surface area contributed by atoms with Crippen molar-refractivity contribution in [3.63, 3.8) is 0 Å². The van der Waals surface area contributed by atoms with Crippen molar-refractivity contribution in [2.24, 2.45) is 0 Å². The van der Waals surface area contributed by atoms with Gasteiger partial charge in [0.2, 0.25) is 5.91 Å². The van der Waals surface area contributed by atoms with E-state index >= 15 is 0 Å². The summed E-state index contributed by atoms with van der Waals surface area (Å²) in [5, 5.41) is 6.27. The zero-order chi connectivity index (χ0) is 13.9. The minimum absolute atomic E-state index is 0.0218. The number of nitrogens with one attached hydrogen (secondary N) is 2. The van der Waals surface area contributed by atoms with Crippen molar-refractivity contribution in [2.75, 3.05) is 11.9 Å². The second kappa shape index (κ2) is 5.43. The molecule has 1 unspecified atom stereocenters. The molecular weight excluding hydrogens is 250 g/mol. The quantitative estimate of drug-likeness (QED) is 0.877. The summed E-state index contributed by atoms with van der Waals surface area (Å²) >= 11 is 0. The smallest absolute Gasteiger partial charge is 0.246 e. The van der Waals surface area contributed by atoms with E-state index in [1.807, 2.05) is 31.2 Å². The minimum Gasteiger partial charge on any atom is -0.324 e. The van der Waals surface area contributed by atoms with E-state index in [0.717, 1.165) is 29.8 Å². The number of carbonyl (C=O) groups is 1. The van der Waals surface area contributed by atoms with Crippen LogP contribution < -0.4 is 10.6 Å². The molecule has 1 aromatic heterocycles. The topological polar surface area (TPSA) is 54.0 Å². The van der Waals surface area contributed by atoms with Crippen molar-refractivity contribution in [1.82, 2.24) is 10.3 Å². The highest BCUT2D eigenvalue weighted by atomic mass is 16.2. The van der Waals surface area contributed by atoms with E-state index in [2.05, 4.69) is 21.7 Å². The lowest BCUT2D eigenvalue weighted by atomic mass is 9.94. The third kappa shape index (κ3) is 2.42. The van der Waals surface area contributed by atoms with E-state index in [1.54, 1.807) is 12.4 Å². The van der Waals surface area contributed by atoms with E-state index in [-0.39, 0.29) is 11.9 Å². The fourth-order valence-corrected chi connectivity index (χ4v) is 2.56. The zero-order valence-electron chi connectivity index (χ0n) is 11.4. The Labute approximate surface area is 118 Å². The molecule has 3 rings (SSSR count). The van der Waals surface area contributed by atoms with Crippen LogP contribution in [0.25, 0.3) is 0 Å². The Morgan fingerprint density at radius 3 is 3.05 bits per heavy atom. The summed E-state index contributed by atoms with van der Waals surface area (Å²) in [5.41, 5.74) is 4.10. The first-order valence-corrected chi connectivity index (χ1v) is 6.78. The normalized spacial score (nSPS) is 17.4. The summed E-state index contributed by atoms with van der Waals surface area (Å²) in [6.45, 7) is 2.76. The number of rotatable bonds is 2. The fourth-order valence-electron chi connectivity index (χ4n) is 2.56. The molecule has 2 aromatic rings. The summed E-state index contributed by atoms with van der Waals surface area (Å²) in [4.78, 5) is 16.5. The Balaban J connectivity index is 1.84. The highest BCUT2D eigenvalue weighted by Crippen LogP contribution is 2.24. The van der Waals surface area contributed by atoms with Gasteiger partial charge in [0.25, 0.3) is 0 Å². The van der Waals surface area contributed by atoms with Gasteiger partial charge in [-0.05, 0) is 36.1 Å². The average Bonchev–Trinajstić information content (AvgIpc) is 2.49. The maximum Gasteiger partial charge on any atom is 0.246 e. The highest BCUT2D eigenvalue weighted by Gasteiger charge is 2.25. The Kier molecular flexibility index (Phi) is 3.48. The Hall–Kier alpha value is -2.20. The second-order valence-electron chi connectivity index (χ2n) is 5.02. The third-order valence-corrected chi connectivity index (χ3v) is 3.65. The first kappa shape index (κ1) is 12.8. The molecule has 1 aliphatic rings. The summed E-state index contributed by atoms with van der Waals surface area (Å²) in [7, 11) is 0. The van der Waals surface area contributed by atoms with Crippen LogP contribution in [0.2, 0.25) is 0 Å². The number of pyridine rings is 1. The number of hydrogen-bond acceptors (Lipinski definition) is 3. The van der Waals surface area contributed by atoms with E-state index in [4.69, 9.17) is 0 Å². The number of aromatic nitrogens is 1. The molecule has 102 valence electrons. The SMILES string of the molecule is Cc1cnccc1NC(=O)C1NCCc2ccccc21. The zero-order valence-corrected chi connectivity index (χ0v) is 11.4. The Morgan fingerprint density at radius 1 is 1.35 bits per heavy atom. The van der Waals surface area contributed by atoms with Crippen LogP contribution in [-0.4, -0.2) is 17.4 Å². The Bertz CT molecular complexity index is 639. The van der Waals surface area contributed by atoms with Crippen molar-refractivity contribution in [3.05, 3.63) is 59.4 Å². The van der Waals surface area contributed by atoms with Crippen LogP contribution in [0.5, 0.6) is 0 Å². The lowest BCUT2D eigenvalue weighted by Crippen LogP contribution is -2.38. The predicted octanol–water partition coefficient (Wildman–Crippen LogP) is 2.22. The summed E-state index contributed by atoms with van der Waals surface area (Å²) in [6.07, 6.45) is 4.40. The molecule has 0 spiro atoms. The Morgan fingerprint density at radius 2 is 2.20 bits per heavy atom. The van der Waals surface area contributed by atoms with Crippen LogP contribution in [0.4, 0.5) is 5.69 Å². The van der Waals surface area contributed by atoms with E-state index < -0.39 is 0 Å². The number of aryl methyl sites for hydroxylation is 1. The van der Waals surface area contributed by atoms with Gasteiger partial charge >= 0.3 is 0 Å². The predicted molar refractivity (Wildman–Crippen MR) is 78.5 cm³/mol. The number of benzene rings is 1. The van der Waals surface area contributed by atoms with Gasteiger partial charge in [-0.25, -0.2) is 0 Å². The first-order chi connectivity index (χ1) is 9.75. The van der Waals surface area contributed by atoms with Crippen LogP contribution in [0.3, 0.4) is 0 Å². The summed E-state index contributed by atoms with van der Waals surface area (Å²) in [5.74, 6) is -0.0218. The van der Waals surface area contributed by atoms with Crippen LogP contribution in [0, 0.1) is 6.92 Å². The van der Waals surface area contributed by atoms with Crippen LogP contribution >= 0.6 is 0 Å². The van der Waals surface area contributed by atoms with Gasteiger partial charge < -0.3 is 10.6 Å². The molecule has 1 atom stereocenters. The standard InChI is InChI=1S/C16H17N3O/c1-11-10-17-8-7-14(11)19-16(20)15-13-5-3-2-4-12(13)6-9-18-15/h2-5,7-8,10,15,18H,6,9H2,1H3,(H,17,19,20). The average molecular weight is 267 g/mol. The maximum atomic E-state index is 12.5. The molecule has 0 fully saturated rings. The molecule has 0 radical (unpaired) electrons. The van der Waals surface area contributed by atoms with Gasteiger partial charge in [0.05, 0.1) is 0 Å². The van der Waals surface area contributed by atoms with E-state index in [1.165, 1.54) is 5.56 Å². The molecule has 1 aromatic carbocycles. The molecule has 1 amide bonds. The molecule has 1 aliphatic heterocycles. The third-order valence-electron chi connectivity index (χ3n) is 3.65. The number of anilines is 1. The molecule has 0 bridgehead atoms. The van der Waals surface area contributed by atoms with Gasteiger partial charge in [0, 0.05) is 24.6 Å². The lowest BCUT2D eigenvalue weighted by Gasteiger charge is -2.26. The van der Waals surface area contributed by atoms with E-state index in [0.29, 0.717) is 0 Å². The van der Waals surface area contributed by atoms with Gasteiger partial charge in [-0.15, -0.1) is 0 Å². The molecular formula is C16H17N3O. The maximum absolute atomic E-state index is 12.5. The van der Waals surface area contributed by atoms with Crippen molar-refractivity contribution in [2.45, 2.75) is 19.4 Å². The van der Waals surface area contributed by atoms with Gasteiger partial charge in [-0.1, -0.05) is 24.3 Å². The monoisotopic (exact) mass is 267 g/mol. The number of hydrogen-bond donors (Lipinski definition) is 2. The second-order valence-corrected chi connectivity index (χ2v) is 5.02. The van der Waals surface area contributed by atoms with Crippen molar-refractivity contribution in [3.8, 4) is 0 Å². The molecule has 0 saturated carbocycles. The number of fused-ring (bicyclic) bond motifs is 1. The van der Waals surface area contributed by atoms with Gasteiger partial charge in [0.15, 0.2) is 0 Å². The number of nitrogens with zero attached hydrogens (tertiary/aromatic N) is 1. The number of carbonyl (C=O) groups excluding carboxylic acids is 1. The molecule has 4 nitrogen and oxygen atoms in total. The first-order valence-electron chi connectivity index (χ1n) is 6.78. The molecule has 4 heteroatoms. The highest BCUT2D eigenvalue weighted by molar-refractivity contribution is 5.96. The van der Waals surface area contributed by atoms with Crippen molar-refractivity contribution >= 4 is 11.6 Å². The fraction of sp³-hybridized carbons (Fsp3) is 0.250. The van der Waals surface area contributed by atoms with Crippen LogP contribution in [0.1, 0.15) is 22.7 Å². The van der Waals surface area contributed by atoms with Gasteiger partial charge in [-0.3, -0.25) is 9.78 Å². The van der Waals surface area contributed by atoms with Crippen LogP contribution in [-0.2, 0) is 11.2 Å². The molecule has 0 aliphatic carbocycles. The van der Waals surface area contributed by atoms with Gasteiger partial charge in [-0.2, -0.15) is 0 Å². The van der Waals surface area contributed by atoms with Crippen molar-refractivity contribution in [1.29, 1.82) is 0 Å². The largest absolute Gasteiger partial charge is 0.324 e. The minimum atomic E-state index is -0.285.